The molecule has 0 spiro atoms. The van der Waals surface area contributed by atoms with E-state index < -0.39 is 9.84 Å². The summed E-state index contributed by atoms with van der Waals surface area (Å²) in [6, 6.07) is 9.37. The van der Waals surface area contributed by atoms with Crippen molar-refractivity contribution in [1.82, 2.24) is 15.1 Å². The molecule has 1 atom stereocenters. The largest absolute Gasteiger partial charge is 0.349 e. The second kappa shape index (κ2) is 6.37. The van der Waals surface area contributed by atoms with Gasteiger partial charge in [0.05, 0.1) is 23.4 Å². The van der Waals surface area contributed by atoms with Crippen LogP contribution in [-0.4, -0.2) is 41.7 Å². The number of nitrogens with zero attached hydrogens (tertiary/aromatic N) is 2. The highest BCUT2D eigenvalue weighted by atomic mass is 32.2. The molecule has 1 N–H and O–H groups in total. The predicted octanol–water partition coefficient (Wildman–Crippen LogP) is 1.19. The number of sulfone groups is 1. The van der Waals surface area contributed by atoms with Gasteiger partial charge in [0.15, 0.2) is 9.84 Å². The Morgan fingerprint density at radius 1 is 1.30 bits per heavy atom. The van der Waals surface area contributed by atoms with Crippen molar-refractivity contribution in [2.45, 2.75) is 12.5 Å². The number of aromatic nitrogens is 2. The van der Waals surface area contributed by atoms with Crippen molar-refractivity contribution < 1.29 is 13.2 Å². The standard InChI is InChI=1S/C16H17N3O3S/c20-16(18-14-8-9-23(21,22)12-14)7-6-13-10-17-19(11-13)15-4-2-1-3-5-15/h1-7,10-11,14H,8-9,12H2,(H,18,20). The van der Waals surface area contributed by atoms with E-state index in [1.165, 1.54) is 6.08 Å². The van der Waals surface area contributed by atoms with E-state index in [2.05, 4.69) is 10.4 Å². The molecule has 1 aliphatic rings. The van der Waals surface area contributed by atoms with Crippen LogP contribution in [0.1, 0.15) is 12.0 Å². The molecule has 120 valence electrons. The van der Waals surface area contributed by atoms with Gasteiger partial charge >= 0.3 is 0 Å². The van der Waals surface area contributed by atoms with Gasteiger partial charge in [-0.15, -0.1) is 0 Å². The Hall–Kier alpha value is -2.41. The summed E-state index contributed by atoms with van der Waals surface area (Å²) in [4.78, 5) is 11.8. The Labute approximate surface area is 134 Å². The van der Waals surface area contributed by atoms with E-state index in [1.807, 2.05) is 36.5 Å². The fourth-order valence-electron chi connectivity index (χ4n) is 2.47. The first-order valence-electron chi connectivity index (χ1n) is 7.31. The van der Waals surface area contributed by atoms with Gasteiger partial charge in [-0.1, -0.05) is 18.2 Å². The molecule has 0 saturated carbocycles. The minimum atomic E-state index is -2.99. The third kappa shape index (κ3) is 4.07. The highest BCUT2D eigenvalue weighted by Gasteiger charge is 2.28. The summed E-state index contributed by atoms with van der Waals surface area (Å²) in [5.74, 6) is -0.121. The average Bonchev–Trinajstić information content (AvgIpc) is 3.13. The molecule has 0 radical (unpaired) electrons. The summed E-state index contributed by atoms with van der Waals surface area (Å²) in [6.07, 6.45) is 7.02. The molecule has 23 heavy (non-hydrogen) atoms. The van der Waals surface area contributed by atoms with Crippen molar-refractivity contribution >= 4 is 21.8 Å². The van der Waals surface area contributed by atoms with Crippen LogP contribution < -0.4 is 5.32 Å². The smallest absolute Gasteiger partial charge is 0.244 e. The molecule has 1 aromatic heterocycles. The van der Waals surface area contributed by atoms with Gasteiger partial charge in [0.2, 0.25) is 5.91 Å². The number of benzene rings is 1. The number of nitrogens with one attached hydrogen (secondary N) is 1. The first-order chi connectivity index (χ1) is 11.0. The maximum Gasteiger partial charge on any atom is 0.244 e. The van der Waals surface area contributed by atoms with Crippen molar-refractivity contribution in [1.29, 1.82) is 0 Å². The topological polar surface area (TPSA) is 81.1 Å². The van der Waals surface area contributed by atoms with Crippen molar-refractivity contribution in [3.63, 3.8) is 0 Å². The van der Waals surface area contributed by atoms with Crippen molar-refractivity contribution in [3.05, 3.63) is 54.4 Å². The van der Waals surface area contributed by atoms with Crippen LogP contribution in [0.25, 0.3) is 11.8 Å². The summed E-state index contributed by atoms with van der Waals surface area (Å²) in [5.41, 5.74) is 1.73. The Kier molecular flexibility index (Phi) is 4.29. The molecule has 3 rings (SSSR count). The first kappa shape index (κ1) is 15.5. The monoisotopic (exact) mass is 331 g/mol. The SMILES string of the molecule is O=C(C=Cc1cnn(-c2ccccc2)c1)NC1CCS(=O)(=O)C1. The van der Waals surface area contributed by atoms with Gasteiger partial charge in [0.25, 0.3) is 0 Å². The maximum absolute atomic E-state index is 11.8. The third-order valence-corrected chi connectivity index (χ3v) is 5.40. The van der Waals surface area contributed by atoms with Gasteiger partial charge in [0.1, 0.15) is 0 Å². The van der Waals surface area contributed by atoms with E-state index in [9.17, 15) is 13.2 Å². The molecule has 1 amide bonds. The number of hydrogen-bond donors (Lipinski definition) is 1. The first-order valence-corrected chi connectivity index (χ1v) is 9.13. The lowest BCUT2D eigenvalue weighted by atomic mass is 10.2. The van der Waals surface area contributed by atoms with E-state index in [1.54, 1.807) is 17.0 Å². The third-order valence-electron chi connectivity index (χ3n) is 3.63. The molecular weight excluding hydrogens is 314 g/mol. The summed E-state index contributed by atoms with van der Waals surface area (Å²) in [6.45, 7) is 0. The molecule has 0 bridgehead atoms. The van der Waals surface area contributed by atoms with E-state index in [0.29, 0.717) is 6.42 Å². The quantitative estimate of drug-likeness (QED) is 0.853. The number of hydrogen-bond acceptors (Lipinski definition) is 4. The Balaban J connectivity index is 1.60. The normalized spacial score (nSPS) is 19.9. The summed E-state index contributed by atoms with van der Waals surface area (Å²) in [7, 11) is -2.99. The van der Waals surface area contributed by atoms with Crippen LogP contribution in [0.5, 0.6) is 0 Å². The maximum atomic E-state index is 11.8. The summed E-state index contributed by atoms with van der Waals surface area (Å²) >= 11 is 0. The second-order valence-corrected chi connectivity index (χ2v) is 7.72. The number of rotatable bonds is 4. The van der Waals surface area contributed by atoms with Crippen LogP contribution in [0.4, 0.5) is 0 Å². The zero-order chi connectivity index (χ0) is 16.3. The molecule has 1 aliphatic heterocycles. The number of carbonyl (C=O) groups excluding carboxylic acids is 1. The van der Waals surface area contributed by atoms with Gasteiger partial charge in [-0.3, -0.25) is 4.79 Å². The van der Waals surface area contributed by atoms with E-state index >= 15 is 0 Å². The van der Waals surface area contributed by atoms with Crippen molar-refractivity contribution in [3.8, 4) is 5.69 Å². The van der Waals surface area contributed by atoms with Gasteiger partial charge in [0, 0.05) is 23.9 Å². The van der Waals surface area contributed by atoms with Crippen LogP contribution >= 0.6 is 0 Å². The fourth-order valence-corrected chi connectivity index (χ4v) is 4.15. The molecule has 6 nitrogen and oxygen atoms in total. The Morgan fingerprint density at radius 2 is 2.09 bits per heavy atom. The fraction of sp³-hybridized carbons (Fsp3) is 0.250. The summed E-state index contributed by atoms with van der Waals surface area (Å²) < 4.78 is 24.4. The minimum absolute atomic E-state index is 0.0263. The average molecular weight is 331 g/mol. The van der Waals surface area contributed by atoms with Crippen molar-refractivity contribution in [2.24, 2.45) is 0 Å². The van der Waals surface area contributed by atoms with E-state index in [4.69, 9.17) is 0 Å². The van der Waals surface area contributed by atoms with E-state index in [-0.39, 0.29) is 23.5 Å². The van der Waals surface area contributed by atoms with Gasteiger partial charge in [-0.25, -0.2) is 13.1 Å². The highest BCUT2D eigenvalue weighted by Crippen LogP contribution is 2.12. The van der Waals surface area contributed by atoms with Gasteiger partial charge < -0.3 is 5.32 Å². The highest BCUT2D eigenvalue weighted by molar-refractivity contribution is 7.91. The second-order valence-electron chi connectivity index (χ2n) is 5.50. The molecule has 7 heteroatoms. The minimum Gasteiger partial charge on any atom is -0.349 e. The Bertz CT molecular complexity index is 825. The van der Waals surface area contributed by atoms with Crippen LogP contribution in [0.3, 0.4) is 0 Å². The lowest BCUT2D eigenvalue weighted by Crippen LogP contribution is -2.34. The number of para-hydroxylation sites is 1. The molecule has 1 fully saturated rings. The molecule has 1 saturated heterocycles. The van der Waals surface area contributed by atoms with Gasteiger partial charge in [-0.2, -0.15) is 5.10 Å². The molecule has 1 aromatic carbocycles. The van der Waals surface area contributed by atoms with Crippen molar-refractivity contribution in [2.75, 3.05) is 11.5 Å². The number of carbonyl (C=O) groups is 1. The molecule has 2 aromatic rings. The molecule has 0 aliphatic carbocycles. The lowest BCUT2D eigenvalue weighted by Gasteiger charge is -2.07. The van der Waals surface area contributed by atoms with E-state index in [0.717, 1.165) is 11.3 Å². The molecular formula is C16H17N3O3S. The van der Waals surface area contributed by atoms with Crippen LogP contribution in [0.15, 0.2) is 48.8 Å². The number of amides is 1. The Morgan fingerprint density at radius 3 is 2.78 bits per heavy atom. The predicted molar refractivity (Wildman–Crippen MR) is 87.8 cm³/mol. The zero-order valence-electron chi connectivity index (χ0n) is 12.4. The van der Waals surface area contributed by atoms with Gasteiger partial charge in [-0.05, 0) is 24.6 Å². The summed E-state index contributed by atoms with van der Waals surface area (Å²) in [5, 5.41) is 6.95. The van der Waals surface area contributed by atoms with Crippen LogP contribution in [0.2, 0.25) is 0 Å². The zero-order valence-corrected chi connectivity index (χ0v) is 13.2. The molecule has 1 unspecified atom stereocenters. The molecule has 2 heterocycles. The van der Waals surface area contributed by atoms with Crippen LogP contribution in [-0.2, 0) is 14.6 Å². The van der Waals surface area contributed by atoms with Crippen LogP contribution in [0, 0.1) is 0 Å². The lowest BCUT2D eigenvalue weighted by molar-refractivity contribution is -0.116.